The maximum absolute atomic E-state index is 5.64. The number of rotatable bonds is 5. The van der Waals surface area contributed by atoms with Gasteiger partial charge in [-0.05, 0) is 51.3 Å². The Hall–Kier alpha value is -0.800. The van der Waals surface area contributed by atoms with Crippen molar-refractivity contribution >= 4 is 0 Å². The Bertz CT molecular complexity index is 387. The molecule has 0 unspecified atom stereocenters. The van der Waals surface area contributed by atoms with Gasteiger partial charge in [-0.25, -0.2) is 0 Å². The first-order chi connectivity index (χ1) is 9.02. The number of nitrogens with zero attached hydrogens (tertiary/aromatic N) is 1. The molecule has 2 rings (SSSR count). The molecule has 0 bridgehead atoms. The lowest BCUT2D eigenvalue weighted by Crippen LogP contribution is -2.36. The highest BCUT2D eigenvalue weighted by Gasteiger charge is 2.29. The lowest BCUT2D eigenvalue weighted by atomic mass is 9.75. The van der Waals surface area contributed by atoms with Gasteiger partial charge in [-0.1, -0.05) is 13.8 Å². The minimum absolute atomic E-state index is 0.541. The molecule has 1 aliphatic rings. The van der Waals surface area contributed by atoms with Gasteiger partial charge in [0.05, 0.1) is 12.8 Å². The predicted octanol–water partition coefficient (Wildman–Crippen LogP) is 3.40. The van der Waals surface area contributed by atoms with Crippen LogP contribution in [0.3, 0.4) is 0 Å². The second-order valence-electron chi connectivity index (χ2n) is 6.71. The molecule has 0 amide bonds. The third kappa shape index (κ3) is 3.83. The molecule has 108 valence electrons. The first kappa shape index (κ1) is 14.6. The third-order valence-corrected chi connectivity index (χ3v) is 4.53. The first-order valence-corrected chi connectivity index (χ1v) is 7.42. The van der Waals surface area contributed by atoms with Gasteiger partial charge in [0.1, 0.15) is 5.76 Å². The van der Waals surface area contributed by atoms with E-state index in [2.05, 4.69) is 37.2 Å². The summed E-state index contributed by atoms with van der Waals surface area (Å²) in [6, 6.07) is 2.78. The fourth-order valence-corrected chi connectivity index (χ4v) is 3.03. The SMILES string of the molecule is CNCc1ccoc1CN(C)C1CCC(C)(C)CC1. The Labute approximate surface area is 117 Å². The van der Waals surface area contributed by atoms with Gasteiger partial charge in [0, 0.05) is 18.2 Å². The van der Waals surface area contributed by atoms with E-state index in [1.165, 1.54) is 31.2 Å². The van der Waals surface area contributed by atoms with Gasteiger partial charge in [0.2, 0.25) is 0 Å². The molecule has 0 atom stereocenters. The topological polar surface area (TPSA) is 28.4 Å². The van der Waals surface area contributed by atoms with Gasteiger partial charge >= 0.3 is 0 Å². The molecule has 0 radical (unpaired) electrons. The summed E-state index contributed by atoms with van der Waals surface area (Å²) in [4.78, 5) is 2.47. The molecule has 19 heavy (non-hydrogen) atoms. The molecule has 1 saturated carbocycles. The van der Waals surface area contributed by atoms with Crippen LogP contribution < -0.4 is 5.32 Å². The lowest BCUT2D eigenvalue weighted by molar-refractivity contribution is 0.117. The molecule has 1 aromatic rings. The van der Waals surface area contributed by atoms with Crippen LogP contribution >= 0.6 is 0 Å². The largest absolute Gasteiger partial charge is 0.468 e. The number of nitrogens with one attached hydrogen (secondary N) is 1. The van der Waals surface area contributed by atoms with Crippen molar-refractivity contribution in [2.45, 2.75) is 58.7 Å². The van der Waals surface area contributed by atoms with E-state index in [1.807, 2.05) is 7.05 Å². The summed E-state index contributed by atoms with van der Waals surface area (Å²) < 4.78 is 5.64. The average Bonchev–Trinajstić information content (AvgIpc) is 2.77. The summed E-state index contributed by atoms with van der Waals surface area (Å²) in [6.45, 7) is 6.59. The van der Waals surface area contributed by atoms with Crippen LogP contribution in [0.2, 0.25) is 0 Å². The Kier molecular flexibility index (Phi) is 4.69. The molecule has 1 aromatic heterocycles. The van der Waals surface area contributed by atoms with E-state index in [0.29, 0.717) is 11.5 Å². The van der Waals surface area contributed by atoms with Crippen molar-refractivity contribution in [3.8, 4) is 0 Å². The summed E-state index contributed by atoms with van der Waals surface area (Å²) in [5.74, 6) is 1.11. The fraction of sp³-hybridized carbons (Fsp3) is 0.750. The first-order valence-electron chi connectivity index (χ1n) is 7.42. The smallest absolute Gasteiger partial charge is 0.122 e. The van der Waals surface area contributed by atoms with E-state index in [0.717, 1.165) is 18.8 Å². The van der Waals surface area contributed by atoms with E-state index < -0.39 is 0 Å². The second kappa shape index (κ2) is 6.10. The van der Waals surface area contributed by atoms with E-state index in [1.54, 1.807) is 6.26 Å². The maximum atomic E-state index is 5.64. The van der Waals surface area contributed by atoms with Gasteiger partial charge in [0.15, 0.2) is 0 Å². The van der Waals surface area contributed by atoms with E-state index in [9.17, 15) is 0 Å². The van der Waals surface area contributed by atoms with Crippen LogP contribution in [0.1, 0.15) is 50.9 Å². The summed E-state index contributed by atoms with van der Waals surface area (Å²) in [5, 5.41) is 3.20. The molecular formula is C16H28N2O. The molecule has 3 heteroatoms. The highest BCUT2D eigenvalue weighted by atomic mass is 16.3. The summed E-state index contributed by atoms with van der Waals surface area (Å²) in [6.07, 6.45) is 7.10. The quantitative estimate of drug-likeness (QED) is 0.883. The van der Waals surface area contributed by atoms with Gasteiger partial charge in [-0.3, -0.25) is 4.90 Å². The van der Waals surface area contributed by atoms with Crippen molar-refractivity contribution in [3.63, 3.8) is 0 Å². The van der Waals surface area contributed by atoms with Crippen LogP contribution in [0.4, 0.5) is 0 Å². The standard InChI is InChI=1S/C16H28N2O/c1-16(2)8-5-14(6-9-16)18(4)12-15-13(11-17-3)7-10-19-15/h7,10,14,17H,5-6,8-9,11-12H2,1-4H3. The molecule has 0 spiro atoms. The van der Waals surface area contributed by atoms with Gasteiger partial charge in [0.25, 0.3) is 0 Å². The fourth-order valence-electron chi connectivity index (χ4n) is 3.03. The summed E-state index contributed by atoms with van der Waals surface area (Å²) in [7, 11) is 4.21. The lowest BCUT2D eigenvalue weighted by Gasteiger charge is -2.38. The molecule has 0 aromatic carbocycles. The molecule has 3 nitrogen and oxygen atoms in total. The van der Waals surface area contributed by atoms with Crippen LogP contribution in [-0.4, -0.2) is 25.0 Å². The number of hydrogen-bond acceptors (Lipinski definition) is 3. The van der Waals surface area contributed by atoms with Crippen LogP contribution in [0.5, 0.6) is 0 Å². The van der Waals surface area contributed by atoms with Crippen LogP contribution in [-0.2, 0) is 13.1 Å². The molecule has 1 N–H and O–H groups in total. The minimum Gasteiger partial charge on any atom is -0.468 e. The van der Waals surface area contributed by atoms with Crippen LogP contribution in [0, 0.1) is 5.41 Å². The van der Waals surface area contributed by atoms with Crippen LogP contribution in [0.15, 0.2) is 16.7 Å². The maximum Gasteiger partial charge on any atom is 0.122 e. The molecule has 0 saturated heterocycles. The zero-order valence-corrected chi connectivity index (χ0v) is 12.8. The van der Waals surface area contributed by atoms with Crippen molar-refractivity contribution in [3.05, 3.63) is 23.7 Å². The molecule has 0 aliphatic heterocycles. The van der Waals surface area contributed by atoms with Crippen molar-refractivity contribution in [1.29, 1.82) is 0 Å². The van der Waals surface area contributed by atoms with Crippen molar-refractivity contribution < 1.29 is 4.42 Å². The van der Waals surface area contributed by atoms with E-state index >= 15 is 0 Å². The number of furan rings is 1. The van der Waals surface area contributed by atoms with Crippen molar-refractivity contribution in [2.24, 2.45) is 5.41 Å². The van der Waals surface area contributed by atoms with E-state index in [4.69, 9.17) is 4.42 Å². The molecule has 1 heterocycles. The Morgan fingerprint density at radius 2 is 2.05 bits per heavy atom. The Balaban J connectivity index is 1.90. The predicted molar refractivity (Wildman–Crippen MR) is 79.0 cm³/mol. The Morgan fingerprint density at radius 3 is 2.68 bits per heavy atom. The molecule has 1 aliphatic carbocycles. The molecular weight excluding hydrogens is 236 g/mol. The second-order valence-corrected chi connectivity index (χ2v) is 6.71. The highest BCUT2D eigenvalue weighted by Crippen LogP contribution is 2.36. The average molecular weight is 264 g/mol. The third-order valence-electron chi connectivity index (χ3n) is 4.53. The summed E-state index contributed by atoms with van der Waals surface area (Å²) in [5.41, 5.74) is 1.82. The highest BCUT2D eigenvalue weighted by molar-refractivity contribution is 5.16. The molecule has 1 fully saturated rings. The normalized spacial score (nSPS) is 20.1. The van der Waals surface area contributed by atoms with Crippen molar-refractivity contribution in [2.75, 3.05) is 14.1 Å². The van der Waals surface area contributed by atoms with Gasteiger partial charge < -0.3 is 9.73 Å². The number of hydrogen-bond donors (Lipinski definition) is 1. The summed E-state index contributed by atoms with van der Waals surface area (Å²) >= 11 is 0. The van der Waals surface area contributed by atoms with E-state index in [-0.39, 0.29) is 0 Å². The zero-order valence-electron chi connectivity index (χ0n) is 12.8. The zero-order chi connectivity index (χ0) is 13.9. The van der Waals surface area contributed by atoms with Crippen molar-refractivity contribution in [1.82, 2.24) is 10.2 Å². The monoisotopic (exact) mass is 264 g/mol. The Morgan fingerprint density at radius 1 is 1.37 bits per heavy atom. The minimum atomic E-state index is 0.541. The van der Waals surface area contributed by atoms with Gasteiger partial charge in [-0.15, -0.1) is 0 Å². The van der Waals surface area contributed by atoms with Gasteiger partial charge in [-0.2, -0.15) is 0 Å². The van der Waals surface area contributed by atoms with Crippen LogP contribution in [0.25, 0.3) is 0 Å².